The molecule has 0 rings (SSSR count). The van der Waals surface area contributed by atoms with Crippen molar-refractivity contribution in [2.75, 3.05) is 0 Å². The SMILES string of the molecule is CC[B-](C)(C)CC. The fourth-order valence-corrected chi connectivity index (χ4v) is 0.289. The molecule has 0 aromatic rings. The van der Waals surface area contributed by atoms with E-state index >= 15 is 0 Å². The van der Waals surface area contributed by atoms with Gasteiger partial charge in [0.1, 0.15) is 0 Å². The molecule has 0 saturated carbocycles. The molecule has 0 aliphatic rings. The highest BCUT2D eigenvalue weighted by molar-refractivity contribution is 6.77. The molecule has 44 valence electrons. The molecule has 0 N–H and O–H groups in total. The van der Waals surface area contributed by atoms with Crippen LogP contribution in [-0.4, -0.2) is 6.15 Å². The van der Waals surface area contributed by atoms with E-state index in [-0.39, 0.29) is 6.15 Å². The van der Waals surface area contributed by atoms with Crippen molar-refractivity contribution in [3.63, 3.8) is 0 Å². The molecule has 0 amide bonds. The molecule has 0 aliphatic heterocycles. The lowest BCUT2D eigenvalue weighted by Gasteiger charge is -2.24. The monoisotopic (exact) mass is 99.1 g/mol. The molecule has 0 saturated heterocycles. The van der Waals surface area contributed by atoms with Gasteiger partial charge in [0.05, 0.1) is 0 Å². The van der Waals surface area contributed by atoms with Gasteiger partial charge in [-0.05, 0) is 6.15 Å². The molecule has 0 heterocycles. The van der Waals surface area contributed by atoms with Crippen molar-refractivity contribution in [1.29, 1.82) is 0 Å². The summed E-state index contributed by atoms with van der Waals surface area (Å²) in [5.74, 6) is 0. The summed E-state index contributed by atoms with van der Waals surface area (Å²) in [4.78, 5) is 0. The molecule has 0 radical (unpaired) electrons. The summed E-state index contributed by atoms with van der Waals surface area (Å²) in [6.07, 6.45) is 2.74. The second kappa shape index (κ2) is 2.39. The Kier molecular flexibility index (Phi) is 2.41. The van der Waals surface area contributed by atoms with Gasteiger partial charge in [0, 0.05) is 0 Å². The molecule has 0 aliphatic carbocycles. The second-order valence-corrected chi connectivity index (χ2v) is 3.32. The number of hydrogen-bond donors (Lipinski definition) is 0. The van der Waals surface area contributed by atoms with Gasteiger partial charge in [-0.3, -0.25) is 0 Å². The second-order valence-electron chi connectivity index (χ2n) is 3.32. The van der Waals surface area contributed by atoms with E-state index in [9.17, 15) is 0 Å². The van der Waals surface area contributed by atoms with Gasteiger partial charge < -0.3 is 0 Å². The predicted molar refractivity (Wildman–Crippen MR) is 38.4 cm³/mol. The molecule has 0 atom stereocenters. The Hall–Kier alpha value is 0.0649. The molecular formula is C6H16B-. The highest BCUT2D eigenvalue weighted by Crippen LogP contribution is 2.12. The van der Waals surface area contributed by atoms with Crippen LogP contribution in [0.1, 0.15) is 13.8 Å². The molecule has 1 heteroatoms. The van der Waals surface area contributed by atoms with Crippen molar-refractivity contribution in [1.82, 2.24) is 0 Å². The maximum atomic E-state index is 2.36. The van der Waals surface area contributed by atoms with E-state index in [1.165, 1.54) is 12.6 Å². The van der Waals surface area contributed by atoms with Gasteiger partial charge in [-0.25, -0.2) is 0 Å². The number of rotatable bonds is 2. The van der Waals surface area contributed by atoms with Crippen LogP contribution in [0, 0.1) is 0 Å². The lowest BCUT2D eigenvalue weighted by atomic mass is 9.25. The minimum Gasteiger partial charge on any atom is -0.190 e. The predicted octanol–water partition coefficient (Wildman–Crippen LogP) is 2.73. The third-order valence-electron chi connectivity index (χ3n) is 2.21. The van der Waals surface area contributed by atoms with Crippen molar-refractivity contribution in [3.8, 4) is 0 Å². The van der Waals surface area contributed by atoms with Crippen LogP contribution in [0.2, 0.25) is 26.3 Å². The van der Waals surface area contributed by atoms with E-state index in [0.717, 1.165) is 0 Å². The molecule has 0 nitrogen and oxygen atoms in total. The van der Waals surface area contributed by atoms with E-state index in [1.54, 1.807) is 0 Å². The van der Waals surface area contributed by atoms with E-state index < -0.39 is 0 Å². The third-order valence-corrected chi connectivity index (χ3v) is 2.21. The van der Waals surface area contributed by atoms with Gasteiger partial charge in [0.2, 0.25) is 0 Å². The summed E-state index contributed by atoms with van der Waals surface area (Å²) in [6, 6.07) is 0. The minimum absolute atomic E-state index is 0.0278. The molecule has 0 aromatic carbocycles. The maximum absolute atomic E-state index is 2.36. The summed E-state index contributed by atoms with van der Waals surface area (Å²) in [5, 5.41) is 0. The quantitative estimate of drug-likeness (QED) is 0.467. The highest BCUT2D eigenvalue weighted by atomic mass is 13.7. The minimum atomic E-state index is 0.0278. The van der Waals surface area contributed by atoms with Crippen molar-refractivity contribution < 1.29 is 0 Å². The fraction of sp³-hybridized carbons (Fsp3) is 1.00. The smallest absolute Gasteiger partial charge is 0.00606 e. The first-order chi connectivity index (χ1) is 3.12. The zero-order valence-corrected chi connectivity index (χ0v) is 5.99. The normalized spacial score (nSPS) is 12.0. The van der Waals surface area contributed by atoms with Crippen molar-refractivity contribution in [2.24, 2.45) is 0 Å². The first kappa shape index (κ1) is 7.06. The zero-order valence-electron chi connectivity index (χ0n) is 5.99. The van der Waals surface area contributed by atoms with E-state index in [1.807, 2.05) is 0 Å². The van der Waals surface area contributed by atoms with Crippen LogP contribution in [0.15, 0.2) is 0 Å². The Morgan fingerprint density at radius 2 is 1.29 bits per heavy atom. The summed E-state index contributed by atoms with van der Waals surface area (Å²) in [5.41, 5.74) is 0. The van der Waals surface area contributed by atoms with Crippen LogP contribution in [0.3, 0.4) is 0 Å². The standard InChI is InChI=1S/C6H16B/c1-5-7(3,4)6-2/h5-6H2,1-4H3/q-1. The Balaban J connectivity index is 3.36. The Morgan fingerprint density at radius 1 is 1.00 bits per heavy atom. The van der Waals surface area contributed by atoms with Crippen LogP contribution >= 0.6 is 0 Å². The fourth-order valence-electron chi connectivity index (χ4n) is 0.289. The maximum Gasteiger partial charge on any atom is -0.00606 e. The van der Waals surface area contributed by atoms with Gasteiger partial charge in [-0.15, -0.1) is 0 Å². The summed E-state index contributed by atoms with van der Waals surface area (Å²) in [6.45, 7) is 9.26. The van der Waals surface area contributed by atoms with Crippen molar-refractivity contribution in [3.05, 3.63) is 0 Å². The Morgan fingerprint density at radius 3 is 1.29 bits per heavy atom. The molecule has 0 aromatic heterocycles. The Bertz CT molecular complexity index is 42.1. The van der Waals surface area contributed by atoms with Crippen molar-refractivity contribution in [2.45, 2.75) is 40.1 Å². The first-order valence-corrected chi connectivity index (χ1v) is 3.39. The third kappa shape index (κ3) is 2.72. The van der Waals surface area contributed by atoms with Crippen molar-refractivity contribution >= 4 is 6.15 Å². The van der Waals surface area contributed by atoms with Gasteiger partial charge in [0.25, 0.3) is 0 Å². The van der Waals surface area contributed by atoms with Gasteiger partial charge in [0.15, 0.2) is 0 Å². The average molecular weight is 99.0 g/mol. The van der Waals surface area contributed by atoms with Crippen LogP contribution in [0.25, 0.3) is 0 Å². The van der Waals surface area contributed by atoms with Gasteiger partial charge in [-0.2, -0.15) is 26.3 Å². The average Bonchev–Trinajstić information content (AvgIpc) is 1.68. The lowest BCUT2D eigenvalue weighted by molar-refractivity contribution is 1.25. The molecule has 0 fully saturated rings. The molecule has 7 heavy (non-hydrogen) atoms. The van der Waals surface area contributed by atoms with E-state index in [0.29, 0.717) is 0 Å². The van der Waals surface area contributed by atoms with E-state index in [2.05, 4.69) is 27.5 Å². The summed E-state index contributed by atoms with van der Waals surface area (Å²) < 4.78 is 0. The zero-order chi connectivity index (χ0) is 5.91. The van der Waals surface area contributed by atoms with Crippen LogP contribution in [0.4, 0.5) is 0 Å². The van der Waals surface area contributed by atoms with Crippen LogP contribution in [-0.2, 0) is 0 Å². The van der Waals surface area contributed by atoms with Gasteiger partial charge in [-0.1, -0.05) is 13.8 Å². The molecule has 0 unspecified atom stereocenters. The molecule has 0 spiro atoms. The molecule has 0 bridgehead atoms. The van der Waals surface area contributed by atoms with Gasteiger partial charge >= 0.3 is 0 Å². The molecular weight excluding hydrogens is 82.9 g/mol. The van der Waals surface area contributed by atoms with Crippen LogP contribution in [0.5, 0.6) is 0 Å². The van der Waals surface area contributed by atoms with Crippen LogP contribution < -0.4 is 0 Å². The summed E-state index contributed by atoms with van der Waals surface area (Å²) in [7, 11) is 0. The lowest BCUT2D eigenvalue weighted by Crippen LogP contribution is -2.21. The highest BCUT2D eigenvalue weighted by Gasteiger charge is 2.04. The van der Waals surface area contributed by atoms with E-state index in [4.69, 9.17) is 0 Å². The number of hydrogen-bond acceptors (Lipinski definition) is 0. The largest absolute Gasteiger partial charge is 0.190 e. The first-order valence-electron chi connectivity index (χ1n) is 3.39. The summed E-state index contributed by atoms with van der Waals surface area (Å²) >= 11 is 0. The topological polar surface area (TPSA) is 0 Å². The Labute approximate surface area is 47.2 Å².